The third-order valence-electron chi connectivity index (χ3n) is 4.35. The Labute approximate surface area is 133 Å². The molecule has 1 aliphatic heterocycles. The largest absolute Gasteiger partial charge is 0.495 e. The number of aromatic carboxylic acids is 1. The van der Waals surface area contributed by atoms with Crippen LogP contribution in [-0.4, -0.2) is 47.3 Å². The molecule has 0 bridgehead atoms. The summed E-state index contributed by atoms with van der Waals surface area (Å²) in [7, 11) is 1.49. The molecule has 1 fully saturated rings. The van der Waals surface area contributed by atoms with Gasteiger partial charge < -0.3 is 19.3 Å². The van der Waals surface area contributed by atoms with Crippen LogP contribution in [0.15, 0.2) is 29.1 Å². The summed E-state index contributed by atoms with van der Waals surface area (Å²) in [6.45, 7) is 3.52. The van der Waals surface area contributed by atoms with Crippen LogP contribution >= 0.6 is 0 Å². The third-order valence-corrected chi connectivity index (χ3v) is 4.35. The van der Waals surface area contributed by atoms with Crippen LogP contribution in [0, 0.1) is 0 Å². The minimum absolute atomic E-state index is 0.0990. The second kappa shape index (κ2) is 6.42. The maximum Gasteiger partial charge on any atom is 0.335 e. The van der Waals surface area contributed by atoms with Gasteiger partial charge in [0.1, 0.15) is 5.75 Å². The molecule has 0 aliphatic carbocycles. The van der Waals surface area contributed by atoms with E-state index in [4.69, 9.17) is 4.74 Å². The van der Waals surface area contributed by atoms with Crippen LogP contribution in [0.3, 0.4) is 0 Å². The van der Waals surface area contributed by atoms with Crippen molar-refractivity contribution in [2.45, 2.75) is 19.4 Å². The lowest BCUT2D eigenvalue weighted by Crippen LogP contribution is -2.29. The smallest absolute Gasteiger partial charge is 0.335 e. The first-order valence-electron chi connectivity index (χ1n) is 7.77. The van der Waals surface area contributed by atoms with Crippen LogP contribution in [0.25, 0.3) is 10.9 Å². The van der Waals surface area contributed by atoms with Crippen LogP contribution in [0.1, 0.15) is 23.2 Å². The highest BCUT2D eigenvalue weighted by atomic mass is 16.5. The lowest BCUT2D eigenvalue weighted by molar-refractivity contribution is 0.0696. The molecule has 1 aromatic carbocycles. The molecule has 2 heterocycles. The number of likely N-dealkylation sites (tertiary alicyclic amines) is 1. The maximum atomic E-state index is 12.3. The van der Waals surface area contributed by atoms with Gasteiger partial charge in [0.15, 0.2) is 0 Å². The fraction of sp³-hybridized carbons (Fsp3) is 0.412. The quantitative estimate of drug-likeness (QED) is 0.911. The van der Waals surface area contributed by atoms with E-state index in [-0.39, 0.29) is 11.1 Å². The number of nitrogens with zero attached hydrogens (tertiary/aromatic N) is 2. The topological polar surface area (TPSA) is 71.8 Å². The normalized spacial score (nSPS) is 15.2. The van der Waals surface area contributed by atoms with Gasteiger partial charge in [-0.1, -0.05) is 0 Å². The van der Waals surface area contributed by atoms with E-state index in [0.29, 0.717) is 23.2 Å². The Balaban J connectivity index is 2.06. The van der Waals surface area contributed by atoms with Gasteiger partial charge in [-0.25, -0.2) is 4.79 Å². The lowest BCUT2D eigenvalue weighted by atomic mass is 10.1. The van der Waals surface area contributed by atoms with Crippen LogP contribution in [0.4, 0.5) is 0 Å². The van der Waals surface area contributed by atoms with E-state index in [1.165, 1.54) is 32.1 Å². The Hall–Kier alpha value is -2.34. The summed E-state index contributed by atoms with van der Waals surface area (Å²) in [5.41, 5.74) is 0.710. The zero-order chi connectivity index (χ0) is 16.4. The number of hydrogen-bond donors (Lipinski definition) is 1. The first kappa shape index (κ1) is 15.6. The molecule has 2 aromatic rings. The Kier molecular flexibility index (Phi) is 4.34. The molecule has 0 unspecified atom stereocenters. The van der Waals surface area contributed by atoms with E-state index < -0.39 is 5.97 Å². The number of carboxylic acid groups (broad SMARTS) is 1. The number of carbonyl (C=O) groups is 1. The zero-order valence-electron chi connectivity index (χ0n) is 13.1. The molecule has 1 aliphatic rings. The van der Waals surface area contributed by atoms with Crippen LogP contribution in [0.2, 0.25) is 0 Å². The van der Waals surface area contributed by atoms with Gasteiger partial charge in [0.25, 0.3) is 5.56 Å². The van der Waals surface area contributed by atoms with Crippen molar-refractivity contribution >= 4 is 16.9 Å². The summed E-state index contributed by atoms with van der Waals surface area (Å²) in [5, 5.41) is 9.90. The van der Waals surface area contributed by atoms with Crippen molar-refractivity contribution in [2.75, 3.05) is 26.7 Å². The van der Waals surface area contributed by atoms with E-state index in [1.807, 2.05) is 0 Å². The molecule has 0 atom stereocenters. The Morgan fingerprint density at radius 2 is 1.96 bits per heavy atom. The van der Waals surface area contributed by atoms with Gasteiger partial charge in [0.05, 0.1) is 18.2 Å². The SMILES string of the molecule is COc1cc(C(=O)O)cc2ccc(=O)n(CCN3CCCC3)c12. The van der Waals surface area contributed by atoms with E-state index >= 15 is 0 Å². The lowest BCUT2D eigenvalue weighted by Gasteiger charge is -2.18. The molecule has 1 aromatic heterocycles. The number of pyridine rings is 1. The number of fused-ring (bicyclic) bond motifs is 1. The Morgan fingerprint density at radius 3 is 2.61 bits per heavy atom. The van der Waals surface area contributed by atoms with E-state index in [1.54, 1.807) is 16.7 Å². The van der Waals surface area contributed by atoms with Crippen LogP contribution in [0.5, 0.6) is 5.75 Å². The van der Waals surface area contributed by atoms with Gasteiger partial charge in [-0.2, -0.15) is 0 Å². The van der Waals surface area contributed by atoms with Gasteiger partial charge in [-0.3, -0.25) is 4.79 Å². The molecule has 0 radical (unpaired) electrons. The van der Waals surface area contributed by atoms with Crippen molar-refractivity contribution in [3.63, 3.8) is 0 Å². The van der Waals surface area contributed by atoms with Crippen LogP contribution < -0.4 is 10.3 Å². The first-order chi connectivity index (χ1) is 11.1. The van der Waals surface area contributed by atoms with Crippen molar-refractivity contribution in [3.8, 4) is 5.75 Å². The number of methoxy groups -OCH3 is 1. The summed E-state index contributed by atoms with van der Waals surface area (Å²) >= 11 is 0. The summed E-state index contributed by atoms with van der Waals surface area (Å²) in [4.78, 5) is 25.9. The number of ether oxygens (including phenoxy) is 1. The predicted molar refractivity (Wildman–Crippen MR) is 87.4 cm³/mol. The summed E-state index contributed by atoms with van der Waals surface area (Å²) in [6, 6.07) is 6.18. The highest BCUT2D eigenvalue weighted by Gasteiger charge is 2.16. The maximum absolute atomic E-state index is 12.3. The van der Waals surface area contributed by atoms with Gasteiger partial charge >= 0.3 is 5.97 Å². The molecule has 1 N–H and O–H groups in total. The van der Waals surface area contributed by atoms with E-state index in [0.717, 1.165) is 19.6 Å². The fourth-order valence-electron chi connectivity index (χ4n) is 3.16. The summed E-state index contributed by atoms with van der Waals surface area (Å²) in [5.74, 6) is -0.598. The minimum Gasteiger partial charge on any atom is -0.495 e. The molecule has 3 rings (SSSR count). The molecule has 1 saturated heterocycles. The van der Waals surface area contributed by atoms with Gasteiger partial charge in [-0.15, -0.1) is 0 Å². The number of carboxylic acids is 1. The second-order valence-corrected chi connectivity index (χ2v) is 5.79. The first-order valence-corrected chi connectivity index (χ1v) is 7.77. The molecule has 6 nitrogen and oxygen atoms in total. The van der Waals surface area contributed by atoms with Gasteiger partial charge in [-0.05, 0) is 44.1 Å². The van der Waals surface area contributed by atoms with Crippen molar-refractivity contribution in [2.24, 2.45) is 0 Å². The summed E-state index contributed by atoms with van der Waals surface area (Å²) in [6.07, 6.45) is 2.41. The predicted octanol–water partition coefficient (Wildman–Crippen LogP) is 1.80. The molecule has 23 heavy (non-hydrogen) atoms. The third kappa shape index (κ3) is 3.07. The van der Waals surface area contributed by atoms with Gasteiger partial charge in [0.2, 0.25) is 0 Å². The van der Waals surface area contributed by atoms with Crippen LogP contribution in [-0.2, 0) is 6.54 Å². The molecule has 0 spiro atoms. The molecule has 0 amide bonds. The standard InChI is InChI=1S/C17H20N2O4/c1-23-14-11-13(17(21)22)10-12-4-5-15(20)19(16(12)14)9-8-18-6-2-3-7-18/h4-5,10-11H,2-3,6-9H2,1H3,(H,21,22). The molecular formula is C17H20N2O4. The van der Waals surface area contributed by atoms with Gasteiger partial charge in [0, 0.05) is 24.5 Å². The number of hydrogen-bond acceptors (Lipinski definition) is 4. The highest BCUT2D eigenvalue weighted by molar-refractivity contribution is 5.96. The zero-order valence-corrected chi connectivity index (χ0v) is 13.1. The average molecular weight is 316 g/mol. The average Bonchev–Trinajstić information content (AvgIpc) is 3.06. The molecule has 122 valence electrons. The summed E-state index contributed by atoms with van der Waals surface area (Å²) < 4.78 is 7.03. The van der Waals surface area contributed by atoms with Crippen molar-refractivity contribution in [1.82, 2.24) is 9.47 Å². The van der Waals surface area contributed by atoms with Crippen molar-refractivity contribution in [3.05, 3.63) is 40.2 Å². The van der Waals surface area contributed by atoms with E-state index in [2.05, 4.69) is 4.90 Å². The Bertz CT molecular complexity index is 791. The number of aromatic nitrogens is 1. The second-order valence-electron chi connectivity index (χ2n) is 5.79. The number of rotatable bonds is 5. The Morgan fingerprint density at radius 1 is 1.22 bits per heavy atom. The van der Waals surface area contributed by atoms with Crippen molar-refractivity contribution < 1.29 is 14.6 Å². The fourth-order valence-corrected chi connectivity index (χ4v) is 3.16. The van der Waals surface area contributed by atoms with E-state index in [9.17, 15) is 14.7 Å². The molecular weight excluding hydrogens is 296 g/mol. The van der Waals surface area contributed by atoms with Crippen molar-refractivity contribution in [1.29, 1.82) is 0 Å². The number of benzene rings is 1. The monoisotopic (exact) mass is 316 g/mol. The highest BCUT2D eigenvalue weighted by Crippen LogP contribution is 2.26. The minimum atomic E-state index is -1.01. The molecule has 6 heteroatoms. The molecule has 0 saturated carbocycles.